The topological polar surface area (TPSA) is 71.8 Å². The van der Waals surface area contributed by atoms with Crippen LogP contribution in [0.5, 0.6) is 0 Å². The molecule has 0 spiro atoms. The van der Waals surface area contributed by atoms with E-state index < -0.39 is 5.82 Å². The van der Waals surface area contributed by atoms with E-state index in [0.29, 0.717) is 13.1 Å². The van der Waals surface area contributed by atoms with Crippen LogP contribution in [0.1, 0.15) is 19.0 Å². The van der Waals surface area contributed by atoms with Crippen molar-refractivity contribution in [2.75, 3.05) is 11.9 Å². The molecule has 0 aliphatic rings. The molecule has 0 aliphatic heterocycles. The van der Waals surface area contributed by atoms with E-state index in [9.17, 15) is 9.18 Å². The monoisotopic (exact) mass is 291 g/mol. The van der Waals surface area contributed by atoms with Gasteiger partial charge in [-0.15, -0.1) is 5.10 Å². The van der Waals surface area contributed by atoms with Gasteiger partial charge >= 0.3 is 0 Å². The van der Waals surface area contributed by atoms with Crippen LogP contribution in [-0.2, 0) is 17.9 Å². The summed E-state index contributed by atoms with van der Waals surface area (Å²) in [6.07, 6.45) is 2.00. The highest BCUT2D eigenvalue weighted by atomic mass is 19.1. The predicted molar refractivity (Wildman–Crippen MR) is 77.0 cm³/mol. The molecule has 7 heteroatoms. The molecule has 0 saturated heterocycles. The van der Waals surface area contributed by atoms with Gasteiger partial charge in [0.2, 0.25) is 5.91 Å². The predicted octanol–water partition coefficient (Wildman–Crippen LogP) is 1.56. The van der Waals surface area contributed by atoms with Crippen LogP contribution >= 0.6 is 0 Å². The molecule has 1 heterocycles. The highest BCUT2D eigenvalue weighted by Crippen LogP contribution is 2.12. The van der Waals surface area contributed by atoms with Crippen molar-refractivity contribution >= 4 is 11.6 Å². The molecule has 0 radical (unpaired) electrons. The minimum atomic E-state index is -0.445. The van der Waals surface area contributed by atoms with Crippen LogP contribution in [0, 0.1) is 5.82 Å². The van der Waals surface area contributed by atoms with E-state index in [1.165, 1.54) is 12.1 Å². The van der Waals surface area contributed by atoms with Gasteiger partial charge in [0, 0.05) is 19.2 Å². The van der Waals surface area contributed by atoms with E-state index in [1.807, 2.05) is 6.92 Å². The van der Waals surface area contributed by atoms with Crippen molar-refractivity contribution in [3.8, 4) is 0 Å². The molecular formula is C14H18FN5O. The number of nitrogens with zero attached hydrogens (tertiary/aromatic N) is 3. The van der Waals surface area contributed by atoms with E-state index in [0.717, 1.165) is 12.2 Å². The quantitative estimate of drug-likeness (QED) is 0.812. The lowest BCUT2D eigenvalue weighted by Crippen LogP contribution is -2.15. The Balaban J connectivity index is 1.81. The Labute approximate surface area is 122 Å². The van der Waals surface area contributed by atoms with E-state index in [-0.39, 0.29) is 18.0 Å². The molecule has 21 heavy (non-hydrogen) atoms. The third kappa shape index (κ3) is 4.64. The van der Waals surface area contributed by atoms with Crippen LogP contribution < -0.4 is 10.6 Å². The molecule has 0 saturated carbocycles. The van der Waals surface area contributed by atoms with Gasteiger partial charge in [-0.25, -0.2) is 4.39 Å². The standard InChI is InChI=1S/C14H18FN5O/c1-2-16-9-11-10-20(19-18-11)8-7-14(21)17-13-6-4-3-5-12(13)15/h3-6,10,16H,2,7-9H2,1H3,(H,17,21). The Morgan fingerprint density at radius 1 is 1.38 bits per heavy atom. The van der Waals surface area contributed by atoms with Crippen molar-refractivity contribution in [1.82, 2.24) is 20.3 Å². The smallest absolute Gasteiger partial charge is 0.226 e. The second-order valence-corrected chi connectivity index (χ2v) is 4.53. The summed E-state index contributed by atoms with van der Waals surface area (Å²) in [5.74, 6) is -0.705. The fourth-order valence-electron chi connectivity index (χ4n) is 1.77. The van der Waals surface area contributed by atoms with Crippen molar-refractivity contribution in [2.24, 2.45) is 0 Å². The van der Waals surface area contributed by atoms with Crippen LogP contribution in [-0.4, -0.2) is 27.4 Å². The first-order chi connectivity index (χ1) is 10.2. The van der Waals surface area contributed by atoms with E-state index >= 15 is 0 Å². The van der Waals surface area contributed by atoms with E-state index in [2.05, 4.69) is 20.9 Å². The van der Waals surface area contributed by atoms with Crippen molar-refractivity contribution in [1.29, 1.82) is 0 Å². The van der Waals surface area contributed by atoms with Gasteiger partial charge in [-0.05, 0) is 18.7 Å². The molecule has 0 aliphatic carbocycles. The first-order valence-corrected chi connectivity index (χ1v) is 6.83. The fraction of sp³-hybridized carbons (Fsp3) is 0.357. The average Bonchev–Trinajstić information content (AvgIpc) is 2.93. The van der Waals surface area contributed by atoms with Crippen LogP contribution in [0.2, 0.25) is 0 Å². The van der Waals surface area contributed by atoms with Gasteiger partial charge < -0.3 is 10.6 Å². The van der Waals surface area contributed by atoms with E-state index in [1.54, 1.807) is 23.0 Å². The zero-order valence-electron chi connectivity index (χ0n) is 11.8. The molecule has 1 amide bonds. The van der Waals surface area contributed by atoms with Crippen LogP contribution in [0.15, 0.2) is 30.5 Å². The number of aryl methyl sites for hydroxylation is 1. The summed E-state index contributed by atoms with van der Waals surface area (Å²) in [6, 6.07) is 6.08. The molecule has 2 rings (SSSR count). The maximum Gasteiger partial charge on any atom is 0.226 e. The molecule has 6 nitrogen and oxygen atoms in total. The highest BCUT2D eigenvalue weighted by Gasteiger charge is 2.07. The Morgan fingerprint density at radius 3 is 2.95 bits per heavy atom. The number of carbonyl (C=O) groups is 1. The van der Waals surface area contributed by atoms with Crippen LogP contribution in [0.25, 0.3) is 0 Å². The number of anilines is 1. The first-order valence-electron chi connectivity index (χ1n) is 6.83. The molecule has 2 N–H and O–H groups in total. The van der Waals surface area contributed by atoms with Crippen molar-refractivity contribution in [3.63, 3.8) is 0 Å². The summed E-state index contributed by atoms with van der Waals surface area (Å²) in [6.45, 7) is 3.92. The Bertz CT molecular complexity index is 599. The molecule has 112 valence electrons. The average molecular weight is 291 g/mol. The van der Waals surface area contributed by atoms with Gasteiger partial charge in [0.15, 0.2) is 0 Å². The summed E-state index contributed by atoms with van der Waals surface area (Å²) in [7, 11) is 0. The summed E-state index contributed by atoms with van der Waals surface area (Å²) >= 11 is 0. The summed E-state index contributed by atoms with van der Waals surface area (Å²) in [5, 5.41) is 13.6. The minimum absolute atomic E-state index is 0.189. The number of amides is 1. The summed E-state index contributed by atoms with van der Waals surface area (Å²) in [4.78, 5) is 11.8. The van der Waals surface area contributed by atoms with Gasteiger partial charge in [0.25, 0.3) is 0 Å². The highest BCUT2D eigenvalue weighted by molar-refractivity contribution is 5.90. The minimum Gasteiger partial charge on any atom is -0.324 e. The molecule has 0 atom stereocenters. The van der Waals surface area contributed by atoms with Gasteiger partial charge in [0.05, 0.1) is 17.9 Å². The Morgan fingerprint density at radius 2 is 2.19 bits per heavy atom. The fourth-order valence-corrected chi connectivity index (χ4v) is 1.77. The number of benzene rings is 1. The number of para-hydroxylation sites is 1. The normalized spacial score (nSPS) is 10.6. The largest absolute Gasteiger partial charge is 0.324 e. The van der Waals surface area contributed by atoms with Crippen molar-refractivity contribution in [3.05, 3.63) is 42.0 Å². The van der Waals surface area contributed by atoms with E-state index in [4.69, 9.17) is 0 Å². The third-order valence-corrected chi connectivity index (χ3v) is 2.86. The lowest BCUT2D eigenvalue weighted by Gasteiger charge is -2.05. The molecule has 2 aromatic rings. The summed E-state index contributed by atoms with van der Waals surface area (Å²) in [5.41, 5.74) is 1.01. The number of rotatable bonds is 7. The molecule has 0 bridgehead atoms. The number of hydrogen-bond donors (Lipinski definition) is 2. The lowest BCUT2D eigenvalue weighted by atomic mass is 10.3. The SMILES string of the molecule is CCNCc1cn(CCC(=O)Nc2ccccc2F)nn1. The first kappa shape index (κ1) is 15.1. The van der Waals surface area contributed by atoms with Gasteiger partial charge in [-0.2, -0.15) is 0 Å². The maximum absolute atomic E-state index is 13.4. The summed E-state index contributed by atoms with van der Waals surface area (Å²) < 4.78 is 15.0. The molecule has 1 aromatic carbocycles. The van der Waals surface area contributed by atoms with Crippen molar-refractivity contribution in [2.45, 2.75) is 26.4 Å². The molecular weight excluding hydrogens is 273 g/mol. The Kier molecular flexibility index (Phi) is 5.39. The number of halogens is 1. The molecule has 0 fully saturated rings. The zero-order chi connectivity index (χ0) is 15.1. The maximum atomic E-state index is 13.4. The molecule has 1 aromatic heterocycles. The molecule has 0 unspecified atom stereocenters. The second kappa shape index (κ2) is 7.49. The van der Waals surface area contributed by atoms with Crippen LogP contribution in [0.4, 0.5) is 10.1 Å². The Hall–Kier alpha value is -2.28. The number of carbonyl (C=O) groups excluding carboxylic acids is 1. The second-order valence-electron chi connectivity index (χ2n) is 4.53. The van der Waals surface area contributed by atoms with Gasteiger partial charge in [-0.1, -0.05) is 24.3 Å². The van der Waals surface area contributed by atoms with Gasteiger partial charge in [-0.3, -0.25) is 9.48 Å². The number of aromatic nitrogens is 3. The third-order valence-electron chi connectivity index (χ3n) is 2.86. The number of nitrogens with one attached hydrogen (secondary N) is 2. The number of hydrogen-bond acceptors (Lipinski definition) is 4. The van der Waals surface area contributed by atoms with Crippen molar-refractivity contribution < 1.29 is 9.18 Å². The zero-order valence-corrected chi connectivity index (χ0v) is 11.8. The lowest BCUT2D eigenvalue weighted by molar-refractivity contribution is -0.116. The van der Waals surface area contributed by atoms with Gasteiger partial charge in [0.1, 0.15) is 5.82 Å². The van der Waals surface area contributed by atoms with Crippen LogP contribution in [0.3, 0.4) is 0 Å².